The molecule has 2 aromatic rings. The molecule has 1 aromatic carbocycles. The first-order valence-corrected chi connectivity index (χ1v) is 10.6. The number of nitrogens with zero attached hydrogens (tertiary/aromatic N) is 5. The second-order valence-corrected chi connectivity index (χ2v) is 8.77. The van der Waals surface area contributed by atoms with E-state index in [4.69, 9.17) is 26.4 Å². The standard InChI is InChI=1S/C22H27N7O/c1-22(24)6-9-28(10-7-22)18-13-25-19-16(27-18)12-26-21(19)29-8-2-3-14-11-15(20(23)30)4-5-17(14)29/h4-5,11,13H,2-3,6-10,12,24H2,1H3,(H2,23,30). The van der Waals surface area contributed by atoms with E-state index in [1.807, 2.05) is 18.3 Å². The zero-order valence-electron chi connectivity index (χ0n) is 17.3. The van der Waals surface area contributed by atoms with Crippen molar-refractivity contribution in [2.24, 2.45) is 16.5 Å². The van der Waals surface area contributed by atoms with Gasteiger partial charge in [0.25, 0.3) is 0 Å². The lowest BCUT2D eigenvalue weighted by Gasteiger charge is -2.37. The number of carbonyl (C=O) groups excluding carboxylic acids is 1. The number of hydrogen-bond donors (Lipinski definition) is 2. The number of anilines is 2. The van der Waals surface area contributed by atoms with Gasteiger partial charge in [-0.15, -0.1) is 0 Å². The number of aliphatic imine (C=N–C) groups is 1. The molecule has 5 rings (SSSR count). The first kappa shape index (κ1) is 19.0. The Balaban J connectivity index is 1.40. The van der Waals surface area contributed by atoms with Crippen LogP contribution in [-0.2, 0) is 13.0 Å². The summed E-state index contributed by atoms with van der Waals surface area (Å²) in [6, 6.07) is 5.65. The topological polar surface area (TPSA) is 114 Å². The SMILES string of the molecule is CC1(N)CCN(c2cnc3c(n2)CN=C3N2CCCc3cc(C(N)=O)ccc32)CC1. The van der Waals surface area contributed by atoms with Gasteiger partial charge < -0.3 is 21.3 Å². The van der Waals surface area contributed by atoms with E-state index in [1.165, 1.54) is 0 Å². The lowest BCUT2D eigenvalue weighted by Crippen LogP contribution is -2.48. The average Bonchev–Trinajstić information content (AvgIpc) is 3.16. The summed E-state index contributed by atoms with van der Waals surface area (Å²) in [5.41, 5.74) is 16.1. The number of hydrogen-bond acceptors (Lipinski definition) is 7. The molecular formula is C22H27N7O. The molecule has 1 fully saturated rings. The van der Waals surface area contributed by atoms with Crippen LogP contribution in [0.1, 0.15) is 53.5 Å². The van der Waals surface area contributed by atoms with E-state index in [1.54, 1.807) is 6.07 Å². The second kappa shape index (κ2) is 7.05. The minimum Gasteiger partial charge on any atom is -0.366 e. The largest absolute Gasteiger partial charge is 0.366 e. The first-order valence-electron chi connectivity index (χ1n) is 10.6. The fourth-order valence-corrected chi connectivity index (χ4v) is 4.52. The Kier molecular flexibility index (Phi) is 4.47. The maximum Gasteiger partial charge on any atom is 0.248 e. The number of amidine groups is 1. The number of nitrogens with two attached hydrogens (primary N) is 2. The van der Waals surface area contributed by atoms with Gasteiger partial charge in [0.15, 0.2) is 5.84 Å². The summed E-state index contributed by atoms with van der Waals surface area (Å²) in [5.74, 6) is 1.38. The van der Waals surface area contributed by atoms with Crippen molar-refractivity contribution in [1.82, 2.24) is 9.97 Å². The molecule has 0 aliphatic carbocycles. The van der Waals surface area contributed by atoms with Crippen LogP contribution in [0.2, 0.25) is 0 Å². The highest BCUT2D eigenvalue weighted by Gasteiger charge is 2.31. The van der Waals surface area contributed by atoms with E-state index in [9.17, 15) is 4.79 Å². The molecule has 0 bridgehead atoms. The van der Waals surface area contributed by atoms with Crippen molar-refractivity contribution in [1.29, 1.82) is 0 Å². The molecule has 8 nitrogen and oxygen atoms in total. The van der Waals surface area contributed by atoms with E-state index in [0.717, 1.165) is 79.6 Å². The number of benzene rings is 1. The van der Waals surface area contributed by atoms with Crippen LogP contribution in [0, 0.1) is 0 Å². The van der Waals surface area contributed by atoms with Crippen molar-refractivity contribution >= 4 is 23.2 Å². The Labute approximate surface area is 176 Å². The van der Waals surface area contributed by atoms with Gasteiger partial charge in [-0.25, -0.2) is 9.97 Å². The molecule has 0 unspecified atom stereocenters. The van der Waals surface area contributed by atoms with E-state index < -0.39 is 5.91 Å². The van der Waals surface area contributed by atoms with Crippen molar-refractivity contribution in [2.75, 3.05) is 29.4 Å². The maximum absolute atomic E-state index is 11.5. The van der Waals surface area contributed by atoms with Gasteiger partial charge in [-0.2, -0.15) is 0 Å². The molecule has 1 saturated heterocycles. The molecule has 0 spiro atoms. The van der Waals surface area contributed by atoms with Crippen LogP contribution in [0.5, 0.6) is 0 Å². The summed E-state index contributed by atoms with van der Waals surface area (Å²) >= 11 is 0. The third kappa shape index (κ3) is 3.31. The van der Waals surface area contributed by atoms with Crippen LogP contribution in [0.25, 0.3) is 0 Å². The molecule has 0 radical (unpaired) electrons. The van der Waals surface area contributed by atoms with Gasteiger partial charge in [-0.1, -0.05) is 0 Å². The van der Waals surface area contributed by atoms with Gasteiger partial charge in [-0.05, 0) is 56.4 Å². The highest BCUT2D eigenvalue weighted by molar-refractivity contribution is 6.11. The molecule has 1 aromatic heterocycles. The second-order valence-electron chi connectivity index (χ2n) is 8.77. The summed E-state index contributed by atoms with van der Waals surface area (Å²) in [5, 5.41) is 0. The molecule has 8 heteroatoms. The van der Waals surface area contributed by atoms with Crippen LogP contribution in [0.15, 0.2) is 29.4 Å². The van der Waals surface area contributed by atoms with E-state index in [2.05, 4.69) is 16.7 Å². The lowest BCUT2D eigenvalue weighted by molar-refractivity contribution is 0.1000. The van der Waals surface area contributed by atoms with Crippen molar-refractivity contribution in [3.63, 3.8) is 0 Å². The summed E-state index contributed by atoms with van der Waals surface area (Å²) in [4.78, 5) is 30.4. The number of primary amides is 1. The zero-order chi connectivity index (χ0) is 20.9. The van der Waals surface area contributed by atoms with Crippen LogP contribution in [0.3, 0.4) is 0 Å². The zero-order valence-corrected chi connectivity index (χ0v) is 17.3. The van der Waals surface area contributed by atoms with Gasteiger partial charge >= 0.3 is 0 Å². The highest BCUT2D eigenvalue weighted by atomic mass is 16.1. The highest BCUT2D eigenvalue weighted by Crippen LogP contribution is 2.32. The Hall–Kier alpha value is -3.00. The van der Waals surface area contributed by atoms with E-state index in [-0.39, 0.29) is 5.54 Å². The molecule has 30 heavy (non-hydrogen) atoms. The summed E-state index contributed by atoms with van der Waals surface area (Å²) in [6.07, 6.45) is 5.67. The molecule has 4 heterocycles. The Bertz CT molecular complexity index is 1040. The van der Waals surface area contributed by atoms with Crippen molar-refractivity contribution in [2.45, 2.75) is 44.7 Å². The number of fused-ring (bicyclic) bond motifs is 2. The van der Waals surface area contributed by atoms with Crippen molar-refractivity contribution < 1.29 is 4.79 Å². The lowest BCUT2D eigenvalue weighted by atomic mass is 9.91. The molecule has 156 valence electrons. The van der Waals surface area contributed by atoms with E-state index >= 15 is 0 Å². The summed E-state index contributed by atoms with van der Waals surface area (Å²) < 4.78 is 0. The molecule has 4 N–H and O–H groups in total. The molecule has 1 amide bonds. The molecule has 0 saturated carbocycles. The minimum atomic E-state index is -0.399. The van der Waals surface area contributed by atoms with Crippen LogP contribution in [-0.4, -0.2) is 46.9 Å². The average molecular weight is 406 g/mol. The van der Waals surface area contributed by atoms with Gasteiger partial charge in [0.1, 0.15) is 11.5 Å². The molecule has 3 aliphatic rings. The van der Waals surface area contributed by atoms with Gasteiger partial charge in [-0.3, -0.25) is 9.79 Å². The number of carbonyl (C=O) groups is 1. The van der Waals surface area contributed by atoms with Gasteiger partial charge in [0.05, 0.1) is 18.4 Å². The normalized spacial score (nSPS) is 19.9. The van der Waals surface area contributed by atoms with Crippen LogP contribution in [0.4, 0.5) is 11.5 Å². The fourth-order valence-electron chi connectivity index (χ4n) is 4.52. The first-order chi connectivity index (χ1) is 14.4. The Morgan fingerprint density at radius 1 is 1.20 bits per heavy atom. The minimum absolute atomic E-state index is 0.0903. The van der Waals surface area contributed by atoms with E-state index in [0.29, 0.717) is 12.1 Å². The van der Waals surface area contributed by atoms with Crippen molar-refractivity contribution in [3.8, 4) is 0 Å². The third-order valence-corrected chi connectivity index (χ3v) is 6.39. The Morgan fingerprint density at radius 3 is 2.77 bits per heavy atom. The molecular weight excluding hydrogens is 378 g/mol. The van der Waals surface area contributed by atoms with Crippen LogP contribution < -0.4 is 21.3 Å². The molecule has 0 atom stereocenters. The maximum atomic E-state index is 11.5. The summed E-state index contributed by atoms with van der Waals surface area (Å²) in [6.45, 7) is 5.32. The quantitative estimate of drug-likeness (QED) is 0.785. The third-order valence-electron chi connectivity index (χ3n) is 6.39. The van der Waals surface area contributed by atoms with Crippen LogP contribution >= 0.6 is 0 Å². The van der Waals surface area contributed by atoms with Crippen molar-refractivity contribution in [3.05, 3.63) is 46.9 Å². The fraction of sp³-hybridized carbons (Fsp3) is 0.455. The number of piperidine rings is 1. The Morgan fingerprint density at radius 2 is 2.00 bits per heavy atom. The van der Waals surface area contributed by atoms with Gasteiger partial charge in [0.2, 0.25) is 5.91 Å². The smallest absolute Gasteiger partial charge is 0.248 e. The predicted octanol–water partition coefficient (Wildman–Crippen LogP) is 1.61. The monoisotopic (exact) mass is 405 g/mol. The predicted molar refractivity (Wildman–Crippen MR) is 117 cm³/mol. The number of amides is 1. The summed E-state index contributed by atoms with van der Waals surface area (Å²) in [7, 11) is 0. The molecule has 3 aliphatic heterocycles. The van der Waals surface area contributed by atoms with Gasteiger partial charge in [0, 0.05) is 36.4 Å². The number of rotatable bonds is 2. The number of aromatic nitrogens is 2. The number of aryl methyl sites for hydroxylation is 1.